The van der Waals surface area contributed by atoms with Crippen molar-refractivity contribution < 1.29 is 0 Å². The second-order valence-electron chi connectivity index (χ2n) is 1.63. The van der Waals surface area contributed by atoms with Gasteiger partial charge in [0.25, 0.3) is 0 Å². The summed E-state index contributed by atoms with van der Waals surface area (Å²) in [6.45, 7) is 0. The molecule has 44 valence electrons. The number of thiazole rings is 1. The van der Waals surface area contributed by atoms with E-state index in [1.807, 2.05) is 12.1 Å². The van der Waals surface area contributed by atoms with Crippen LogP contribution in [0.4, 0.5) is 0 Å². The molecule has 2 nitrogen and oxygen atoms in total. The third kappa shape index (κ3) is 0.695. The Bertz CT molecular complexity index is 285. The molecule has 2 heterocycles. The van der Waals surface area contributed by atoms with Crippen LogP contribution >= 0.6 is 11.3 Å². The Morgan fingerprint density at radius 3 is 3.44 bits per heavy atom. The van der Waals surface area contributed by atoms with E-state index in [9.17, 15) is 0 Å². The molecule has 2 aromatic rings. The van der Waals surface area contributed by atoms with Gasteiger partial charge in [-0.3, -0.25) is 11.3 Å². The molecule has 0 aliphatic carbocycles. The second kappa shape index (κ2) is 1.77. The van der Waals surface area contributed by atoms with E-state index in [0.29, 0.717) is 0 Å². The number of fused-ring (bicyclic) bond motifs is 1. The Balaban J connectivity index is 2.95. The SMILES string of the molecule is [c-]1nc2ncccc2s1. The maximum atomic E-state index is 4.01. The van der Waals surface area contributed by atoms with Crippen LogP contribution in [-0.4, -0.2) is 9.97 Å². The molecule has 0 aliphatic rings. The van der Waals surface area contributed by atoms with Crippen molar-refractivity contribution in [3.05, 3.63) is 23.8 Å². The van der Waals surface area contributed by atoms with Gasteiger partial charge in [-0.2, -0.15) is 0 Å². The summed E-state index contributed by atoms with van der Waals surface area (Å²) in [5.41, 5.74) is 3.56. The van der Waals surface area contributed by atoms with Crippen LogP contribution in [0, 0.1) is 5.51 Å². The molecule has 0 unspecified atom stereocenters. The van der Waals surface area contributed by atoms with Crippen molar-refractivity contribution in [2.45, 2.75) is 0 Å². The van der Waals surface area contributed by atoms with Crippen LogP contribution in [0.25, 0.3) is 10.3 Å². The summed E-state index contributed by atoms with van der Waals surface area (Å²) in [6.07, 6.45) is 1.73. The van der Waals surface area contributed by atoms with Gasteiger partial charge in [0, 0.05) is 11.8 Å². The molecule has 0 aromatic carbocycles. The summed E-state index contributed by atoms with van der Waals surface area (Å²) in [5, 5.41) is 0. The van der Waals surface area contributed by atoms with Crippen molar-refractivity contribution in [1.82, 2.24) is 9.97 Å². The molecule has 2 aromatic heterocycles. The average molecular weight is 135 g/mol. The number of aromatic nitrogens is 2. The van der Waals surface area contributed by atoms with Gasteiger partial charge in [0.05, 0.1) is 0 Å². The van der Waals surface area contributed by atoms with Gasteiger partial charge in [0.2, 0.25) is 0 Å². The smallest absolute Gasteiger partial charge is 0.0120 e. The van der Waals surface area contributed by atoms with Gasteiger partial charge >= 0.3 is 0 Å². The quantitative estimate of drug-likeness (QED) is 0.511. The van der Waals surface area contributed by atoms with Crippen LogP contribution in [0.3, 0.4) is 0 Å². The first-order valence-electron chi connectivity index (χ1n) is 2.54. The molecule has 0 bridgehead atoms. The van der Waals surface area contributed by atoms with Crippen molar-refractivity contribution in [1.29, 1.82) is 0 Å². The summed E-state index contributed by atoms with van der Waals surface area (Å²) in [6, 6.07) is 3.88. The molecular formula is C6H3N2S-. The fraction of sp³-hybridized carbons (Fsp3) is 0. The van der Waals surface area contributed by atoms with Crippen LogP contribution in [0.15, 0.2) is 18.3 Å². The molecule has 0 aliphatic heterocycles. The first kappa shape index (κ1) is 4.88. The van der Waals surface area contributed by atoms with Gasteiger partial charge in [-0.25, -0.2) is 0 Å². The molecule has 0 saturated carbocycles. The van der Waals surface area contributed by atoms with Crippen molar-refractivity contribution in [2.75, 3.05) is 0 Å². The molecular weight excluding hydrogens is 132 g/mol. The fourth-order valence-electron chi connectivity index (χ4n) is 0.661. The van der Waals surface area contributed by atoms with Gasteiger partial charge in [0.15, 0.2) is 0 Å². The third-order valence-corrected chi connectivity index (χ3v) is 1.78. The topological polar surface area (TPSA) is 25.8 Å². The second-order valence-corrected chi connectivity index (χ2v) is 2.46. The monoisotopic (exact) mass is 135 g/mol. The van der Waals surface area contributed by atoms with Crippen molar-refractivity contribution in [2.24, 2.45) is 0 Å². The van der Waals surface area contributed by atoms with Gasteiger partial charge in [-0.05, 0) is 5.51 Å². The highest BCUT2D eigenvalue weighted by atomic mass is 32.1. The van der Waals surface area contributed by atoms with Crippen LogP contribution in [-0.2, 0) is 0 Å². The minimum atomic E-state index is 0.794. The highest BCUT2D eigenvalue weighted by Crippen LogP contribution is 2.12. The number of hydrogen-bond donors (Lipinski definition) is 0. The van der Waals surface area contributed by atoms with Crippen LogP contribution in [0.5, 0.6) is 0 Å². The lowest BCUT2D eigenvalue weighted by atomic mass is 10.5. The van der Waals surface area contributed by atoms with E-state index in [0.717, 1.165) is 10.3 Å². The van der Waals surface area contributed by atoms with Gasteiger partial charge in [-0.15, -0.1) is 6.07 Å². The normalized spacial score (nSPS) is 10.2. The van der Waals surface area contributed by atoms with E-state index in [4.69, 9.17) is 0 Å². The fourth-order valence-corrected chi connectivity index (χ4v) is 1.23. The van der Waals surface area contributed by atoms with Crippen molar-refractivity contribution >= 4 is 21.7 Å². The molecule has 0 radical (unpaired) electrons. The Kier molecular flexibility index (Phi) is 0.960. The van der Waals surface area contributed by atoms with E-state index in [-0.39, 0.29) is 0 Å². The standard InChI is InChI=1S/C6H3N2S/c1-2-5-6(7-3-1)8-4-9-5/h1-3H/q-1. The lowest BCUT2D eigenvalue weighted by molar-refractivity contribution is 1.32. The maximum absolute atomic E-state index is 4.01. The minimum Gasteiger partial charge on any atom is -0.367 e. The molecule has 0 amide bonds. The molecule has 0 atom stereocenters. The van der Waals surface area contributed by atoms with Crippen molar-refractivity contribution in [3.63, 3.8) is 0 Å². The Morgan fingerprint density at radius 1 is 1.56 bits per heavy atom. The number of pyridine rings is 1. The first-order chi connectivity index (χ1) is 4.47. The van der Waals surface area contributed by atoms with Gasteiger partial charge in [0.1, 0.15) is 0 Å². The van der Waals surface area contributed by atoms with E-state index >= 15 is 0 Å². The van der Waals surface area contributed by atoms with E-state index in [2.05, 4.69) is 15.5 Å². The zero-order valence-electron chi connectivity index (χ0n) is 4.53. The minimum absolute atomic E-state index is 0.794. The molecule has 0 N–H and O–H groups in total. The molecule has 9 heavy (non-hydrogen) atoms. The first-order valence-corrected chi connectivity index (χ1v) is 3.36. The highest BCUT2D eigenvalue weighted by molar-refractivity contribution is 7.16. The number of hydrogen-bond acceptors (Lipinski definition) is 3. The Labute approximate surface area is 56.2 Å². The van der Waals surface area contributed by atoms with Crippen LogP contribution in [0.2, 0.25) is 0 Å². The molecule has 0 spiro atoms. The van der Waals surface area contributed by atoms with E-state index < -0.39 is 0 Å². The predicted molar refractivity (Wildman–Crippen MR) is 36.3 cm³/mol. The zero-order chi connectivity index (χ0) is 6.10. The largest absolute Gasteiger partial charge is 0.367 e. The molecule has 3 heteroatoms. The summed E-state index contributed by atoms with van der Waals surface area (Å²) < 4.78 is 1.09. The van der Waals surface area contributed by atoms with Crippen molar-refractivity contribution in [3.8, 4) is 0 Å². The number of nitrogens with zero attached hydrogens (tertiary/aromatic N) is 2. The predicted octanol–water partition coefficient (Wildman–Crippen LogP) is 1.49. The summed E-state index contributed by atoms with van der Waals surface area (Å²) in [5.74, 6) is 0. The third-order valence-electron chi connectivity index (χ3n) is 1.06. The Hall–Kier alpha value is -0.960. The zero-order valence-corrected chi connectivity index (χ0v) is 5.35. The summed E-state index contributed by atoms with van der Waals surface area (Å²) in [4.78, 5) is 7.91. The maximum Gasteiger partial charge on any atom is 0.0120 e. The molecule has 2 rings (SSSR count). The Morgan fingerprint density at radius 2 is 2.56 bits per heavy atom. The van der Waals surface area contributed by atoms with Crippen LogP contribution < -0.4 is 0 Å². The lowest BCUT2D eigenvalue weighted by Gasteiger charge is -1.90. The van der Waals surface area contributed by atoms with Gasteiger partial charge in [-0.1, -0.05) is 10.8 Å². The van der Waals surface area contributed by atoms with Gasteiger partial charge < -0.3 is 9.97 Å². The highest BCUT2D eigenvalue weighted by Gasteiger charge is 1.79. The molecule has 0 saturated heterocycles. The average Bonchev–Trinajstić information content (AvgIpc) is 2.33. The summed E-state index contributed by atoms with van der Waals surface area (Å²) in [7, 11) is 0. The van der Waals surface area contributed by atoms with E-state index in [1.54, 1.807) is 6.20 Å². The lowest BCUT2D eigenvalue weighted by Crippen LogP contribution is -1.70. The summed E-state index contributed by atoms with van der Waals surface area (Å²) >= 11 is 1.49. The van der Waals surface area contributed by atoms with E-state index in [1.165, 1.54) is 11.3 Å². The number of rotatable bonds is 0. The molecule has 0 fully saturated rings. The van der Waals surface area contributed by atoms with Crippen LogP contribution in [0.1, 0.15) is 0 Å².